The summed E-state index contributed by atoms with van der Waals surface area (Å²) in [5.41, 5.74) is 6.56. The molecule has 0 radical (unpaired) electrons. The molecule has 4 saturated carbocycles. The van der Waals surface area contributed by atoms with E-state index in [1.807, 2.05) is 12.1 Å². The number of carbonyl (C=O) groups is 1. The number of hydrogen-bond acceptors (Lipinski definition) is 6. The molecule has 0 aromatic carbocycles. The number of carbonyl (C=O) groups excluding carboxylic acids is 1. The minimum Gasteiger partial charge on any atom is -0.436 e. The number of primary amides is 1. The van der Waals surface area contributed by atoms with Gasteiger partial charge in [-0.1, -0.05) is 5.16 Å². The van der Waals surface area contributed by atoms with Crippen LogP contribution in [0.5, 0.6) is 0 Å². The number of amides is 1. The summed E-state index contributed by atoms with van der Waals surface area (Å²) in [4.78, 5) is 20.0. The normalized spacial score (nSPS) is 31.6. The first-order valence-electron chi connectivity index (χ1n) is 10.2. The van der Waals surface area contributed by atoms with Crippen molar-refractivity contribution in [3.63, 3.8) is 0 Å². The average molecular weight is 382 g/mol. The third kappa shape index (κ3) is 3.50. The van der Waals surface area contributed by atoms with Crippen molar-refractivity contribution in [2.75, 3.05) is 0 Å². The van der Waals surface area contributed by atoms with Crippen LogP contribution in [0, 0.1) is 23.2 Å². The highest BCUT2D eigenvalue weighted by atomic mass is 16.6. The topological polar surface area (TPSA) is 104 Å². The fourth-order valence-electron chi connectivity index (χ4n) is 6.36. The molecule has 148 valence electrons. The van der Waals surface area contributed by atoms with Crippen molar-refractivity contribution in [3.8, 4) is 0 Å². The van der Waals surface area contributed by atoms with Crippen LogP contribution in [-0.4, -0.2) is 21.2 Å². The highest BCUT2D eigenvalue weighted by Gasteiger charge is 2.51. The Balaban J connectivity index is 1.33. The second kappa shape index (κ2) is 6.87. The van der Waals surface area contributed by atoms with Crippen LogP contribution < -0.4 is 5.73 Å². The Morgan fingerprint density at radius 2 is 1.82 bits per heavy atom. The summed E-state index contributed by atoms with van der Waals surface area (Å²) in [6.07, 6.45) is 11.3. The summed E-state index contributed by atoms with van der Waals surface area (Å²) in [6.45, 7) is 0. The smallest absolute Gasteiger partial charge is 0.405 e. The van der Waals surface area contributed by atoms with E-state index in [1.54, 1.807) is 12.4 Å². The molecule has 1 amide bonds. The summed E-state index contributed by atoms with van der Waals surface area (Å²) in [6, 6.07) is 3.73. The zero-order chi connectivity index (χ0) is 19.1. The van der Waals surface area contributed by atoms with Gasteiger partial charge in [-0.25, -0.2) is 4.79 Å². The third-order valence-corrected chi connectivity index (χ3v) is 6.89. The molecule has 7 heteroatoms. The number of rotatable bonds is 6. The molecule has 28 heavy (non-hydrogen) atoms. The van der Waals surface area contributed by atoms with Crippen LogP contribution >= 0.6 is 0 Å². The molecule has 0 saturated heterocycles. The van der Waals surface area contributed by atoms with Gasteiger partial charge in [0.15, 0.2) is 11.9 Å². The van der Waals surface area contributed by atoms with Crippen LogP contribution in [-0.2, 0) is 17.6 Å². The van der Waals surface area contributed by atoms with E-state index in [0.717, 1.165) is 35.6 Å². The van der Waals surface area contributed by atoms with E-state index in [9.17, 15) is 4.79 Å². The molecular formula is C21H26N4O3. The number of nitrogens with zero attached hydrogens (tertiary/aromatic N) is 3. The lowest BCUT2D eigenvalue weighted by atomic mass is 9.49. The number of ether oxygens (including phenoxy) is 1. The third-order valence-electron chi connectivity index (χ3n) is 6.89. The predicted molar refractivity (Wildman–Crippen MR) is 100.0 cm³/mol. The summed E-state index contributed by atoms with van der Waals surface area (Å²) < 4.78 is 10.8. The summed E-state index contributed by atoms with van der Waals surface area (Å²) >= 11 is 0. The molecule has 4 aliphatic rings. The van der Waals surface area contributed by atoms with Crippen LogP contribution in [0.3, 0.4) is 0 Å². The number of pyridine rings is 1. The summed E-state index contributed by atoms with van der Waals surface area (Å²) in [7, 11) is 0. The van der Waals surface area contributed by atoms with E-state index in [1.165, 1.54) is 38.5 Å². The highest BCUT2D eigenvalue weighted by molar-refractivity contribution is 5.64. The van der Waals surface area contributed by atoms with Crippen molar-refractivity contribution < 1.29 is 14.1 Å². The second-order valence-corrected chi connectivity index (χ2v) is 9.13. The van der Waals surface area contributed by atoms with E-state index < -0.39 is 12.2 Å². The van der Waals surface area contributed by atoms with E-state index in [2.05, 4.69) is 15.1 Å². The van der Waals surface area contributed by atoms with Crippen molar-refractivity contribution >= 4 is 6.09 Å². The van der Waals surface area contributed by atoms with Crippen LogP contribution in [0.1, 0.15) is 61.9 Å². The fourth-order valence-corrected chi connectivity index (χ4v) is 6.36. The predicted octanol–water partition coefficient (Wildman–Crippen LogP) is 3.60. The zero-order valence-corrected chi connectivity index (χ0v) is 15.9. The molecule has 2 N–H and O–H groups in total. The van der Waals surface area contributed by atoms with Gasteiger partial charge in [-0.05, 0) is 79.4 Å². The standard InChI is InChI=1S/C21H26N4O3/c22-20(26)27-17(8-13-1-3-23-4-2-13)19-24-18(25-28-19)12-21-9-14-5-15(10-21)7-16(6-14)11-21/h1-4,14-17H,5-12H2,(H2,22,26)/t14?,15?,16?,17-,21?/m0/s1. The monoisotopic (exact) mass is 382 g/mol. The summed E-state index contributed by atoms with van der Waals surface area (Å²) in [5.74, 6) is 3.70. The quantitative estimate of drug-likeness (QED) is 0.818. The second-order valence-electron chi connectivity index (χ2n) is 9.13. The van der Waals surface area contributed by atoms with Crippen molar-refractivity contribution in [2.24, 2.45) is 28.9 Å². The molecule has 4 aliphatic carbocycles. The molecule has 4 fully saturated rings. The first-order chi connectivity index (χ1) is 13.6. The first kappa shape index (κ1) is 17.6. The Morgan fingerprint density at radius 1 is 1.18 bits per heavy atom. The van der Waals surface area contributed by atoms with Gasteiger partial charge in [0.2, 0.25) is 0 Å². The first-order valence-corrected chi connectivity index (χ1v) is 10.2. The number of nitrogens with two attached hydrogens (primary N) is 1. The molecule has 0 spiro atoms. The molecule has 2 aromatic heterocycles. The Morgan fingerprint density at radius 3 is 2.43 bits per heavy atom. The fraction of sp³-hybridized carbons (Fsp3) is 0.619. The Bertz CT molecular complexity index is 815. The summed E-state index contributed by atoms with van der Waals surface area (Å²) in [5, 5.41) is 4.23. The lowest BCUT2D eigenvalue weighted by Gasteiger charge is -2.56. The van der Waals surface area contributed by atoms with Crippen LogP contribution in [0.25, 0.3) is 0 Å². The minimum absolute atomic E-state index is 0.315. The van der Waals surface area contributed by atoms with Crippen LogP contribution in [0.4, 0.5) is 4.79 Å². The maximum absolute atomic E-state index is 11.4. The van der Waals surface area contributed by atoms with Crippen molar-refractivity contribution in [2.45, 2.75) is 57.5 Å². The number of aromatic nitrogens is 3. The van der Waals surface area contributed by atoms with Crippen LogP contribution in [0.2, 0.25) is 0 Å². The van der Waals surface area contributed by atoms with E-state index in [4.69, 9.17) is 15.0 Å². The lowest BCUT2D eigenvalue weighted by molar-refractivity contribution is -0.0533. The van der Waals surface area contributed by atoms with Gasteiger partial charge in [0, 0.05) is 25.2 Å². The highest BCUT2D eigenvalue weighted by Crippen LogP contribution is 2.60. The number of hydrogen-bond donors (Lipinski definition) is 1. The molecule has 6 rings (SSSR count). The molecule has 2 heterocycles. The largest absolute Gasteiger partial charge is 0.436 e. The molecule has 2 aromatic rings. The van der Waals surface area contributed by atoms with E-state index >= 15 is 0 Å². The van der Waals surface area contributed by atoms with Crippen molar-refractivity contribution in [1.82, 2.24) is 15.1 Å². The molecule has 0 unspecified atom stereocenters. The Labute approximate surface area is 164 Å². The van der Waals surface area contributed by atoms with Gasteiger partial charge in [-0.3, -0.25) is 4.98 Å². The van der Waals surface area contributed by atoms with Crippen LogP contribution in [0.15, 0.2) is 29.0 Å². The molecular weight excluding hydrogens is 356 g/mol. The average Bonchev–Trinajstić information content (AvgIpc) is 3.08. The van der Waals surface area contributed by atoms with Gasteiger partial charge >= 0.3 is 6.09 Å². The maximum Gasteiger partial charge on any atom is 0.405 e. The molecule has 7 nitrogen and oxygen atoms in total. The van der Waals surface area contributed by atoms with E-state index in [-0.39, 0.29) is 0 Å². The van der Waals surface area contributed by atoms with E-state index in [0.29, 0.717) is 17.7 Å². The van der Waals surface area contributed by atoms with Gasteiger partial charge < -0.3 is 15.0 Å². The zero-order valence-electron chi connectivity index (χ0n) is 15.9. The SMILES string of the molecule is NC(=O)O[C@@H](Cc1ccncc1)c1nc(CC23CC4CC(CC(C4)C2)C3)no1. The maximum atomic E-state index is 11.4. The molecule has 4 bridgehead atoms. The molecule has 0 aliphatic heterocycles. The van der Waals surface area contributed by atoms with Gasteiger partial charge in [0.1, 0.15) is 0 Å². The lowest BCUT2D eigenvalue weighted by Crippen LogP contribution is -2.47. The van der Waals surface area contributed by atoms with Gasteiger partial charge in [0.25, 0.3) is 5.89 Å². The van der Waals surface area contributed by atoms with Crippen molar-refractivity contribution in [3.05, 3.63) is 41.8 Å². The Hall–Kier alpha value is -2.44. The minimum atomic E-state index is -0.847. The van der Waals surface area contributed by atoms with Crippen molar-refractivity contribution in [1.29, 1.82) is 0 Å². The van der Waals surface area contributed by atoms with Gasteiger partial charge in [0.05, 0.1) is 0 Å². The van der Waals surface area contributed by atoms with Gasteiger partial charge in [-0.15, -0.1) is 0 Å². The molecule has 1 atom stereocenters. The Kier molecular flexibility index (Phi) is 4.33. The van der Waals surface area contributed by atoms with Gasteiger partial charge in [-0.2, -0.15) is 4.98 Å².